The van der Waals surface area contributed by atoms with Crippen LogP contribution in [0.3, 0.4) is 0 Å². The summed E-state index contributed by atoms with van der Waals surface area (Å²) >= 11 is 0. The molecule has 308 valence electrons. The second-order valence-corrected chi connectivity index (χ2v) is 17.8. The summed E-state index contributed by atoms with van der Waals surface area (Å²) < 4.78 is 22.5. The zero-order valence-electron chi connectivity index (χ0n) is 34.9. The highest BCUT2D eigenvalue weighted by atomic mass is 16.6. The zero-order valence-corrected chi connectivity index (χ0v) is 34.9. The van der Waals surface area contributed by atoms with Crippen molar-refractivity contribution in [2.24, 2.45) is 16.8 Å². The summed E-state index contributed by atoms with van der Waals surface area (Å²) in [4.78, 5) is 56.6. The summed E-state index contributed by atoms with van der Waals surface area (Å²) in [5.41, 5.74) is 10.4. The van der Waals surface area contributed by atoms with Gasteiger partial charge in [-0.2, -0.15) is 0 Å². The molecular formula is C45H56N6O7. The number of allylic oxidation sites excluding steroid dienone is 2. The van der Waals surface area contributed by atoms with Crippen molar-refractivity contribution in [2.75, 3.05) is 27.4 Å². The first-order valence-electron chi connectivity index (χ1n) is 20.7. The van der Waals surface area contributed by atoms with Gasteiger partial charge in [0.05, 0.1) is 37.7 Å². The molecule has 2 fully saturated rings. The maximum Gasteiger partial charge on any atom is 0.410 e. The van der Waals surface area contributed by atoms with Crippen LogP contribution < -0.4 is 10.1 Å². The lowest BCUT2D eigenvalue weighted by Gasteiger charge is -2.34. The van der Waals surface area contributed by atoms with Gasteiger partial charge < -0.3 is 34.1 Å². The monoisotopic (exact) mass is 792 g/mol. The Bertz CT molecular complexity index is 2180. The van der Waals surface area contributed by atoms with Crippen LogP contribution in [0.25, 0.3) is 28.0 Å². The summed E-state index contributed by atoms with van der Waals surface area (Å²) in [5.74, 6) is 1.59. The minimum Gasteiger partial charge on any atom is -0.488 e. The number of likely N-dealkylation sites (tertiary alicyclic amines) is 2. The molecule has 0 unspecified atom stereocenters. The van der Waals surface area contributed by atoms with Gasteiger partial charge in [0, 0.05) is 49.0 Å². The lowest BCUT2D eigenvalue weighted by molar-refractivity contribution is -0.135. The van der Waals surface area contributed by atoms with E-state index in [1.807, 2.05) is 45.7 Å². The molecule has 4 aliphatic heterocycles. The van der Waals surface area contributed by atoms with Gasteiger partial charge in [0.25, 0.3) is 0 Å². The van der Waals surface area contributed by atoms with Gasteiger partial charge in [0.15, 0.2) is 0 Å². The molecule has 5 heterocycles. The Kier molecular flexibility index (Phi) is 10.6. The van der Waals surface area contributed by atoms with Crippen LogP contribution in [-0.4, -0.2) is 94.7 Å². The number of imidazole rings is 1. The number of carbonyl (C=O) groups excluding carboxylic acids is 3. The number of rotatable bonds is 8. The van der Waals surface area contributed by atoms with Crippen LogP contribution in [0.4, 0.5) is 9.59 Å². The summed E-state index contributed by atoms with van der Waals surface area (Å²) in [6.45, 7) is 13.1. The molecule has 5 aliphatic rings. The molecule has 1 aliphatic carbocycles. The van der Waals surface area contributed by atoms with Crippen molar-refractivity contribution in [3.63, 3.8) is 0 Å². The van der Waals surface area contributed by atoms with Crippen molar-refractivity contribution < 1.29 is 33.3 Å². The number of aliphatic imine (C=N–C) groups is 1. The molecule has 8 rings (SSSR count). The number of carbonyl (C=O) groups is 3. The van der Waals surface area contributed by atoms with Gasteiger partial charge in [0.1, 0.15) is 29.8 Å². The highest BCUT2D eigenvalue weighted by molar-refractivity contribution is 6.06. The number of hydrogen-bond donors (Lipinski definition) is 2. The Morgan fingerprint density at radius 2 is 1.83 bits per heavy atom. The molecule has 0 bridgehead atoms. The predicted octanol–water partition coefficient (Wildman–Crippen LogP) is 7.84. The molecule has 1 aromatic heterocycles. The number of ether oxygens (including phenoxy) is 4. The highest BCUT2D eigenvalue weighted by Gasteiger charge is 2.44. The van der Waals surface area contributed by atoms with Crippen LogP contribution in [0.15, 0.2) is 47.2 Å². The summed E-state index contributed by atoms with van der Waals surface area (Å²) in [6.07, 6.45) is 5.75. The van der Waals surface area contributed by atoms with E-state index in [0.29, 0.717) is 26.2 Å². The number of nitrogens with one attached hydrogen (secondary N) is 2. The molecule has 0 spiro atoms. The van der Waals surface area contributed by atoms with E-state index < -0.39 is 17.7 Å². The SMILES string of the molecule is COC[C@H]1C[C@@H](c2ncc(-c3ccc4c(c3)COc3cc5c(cc3-4)CCC3=C5CC([C@@H]4CC[C@H](C)N4C(=O)[C@@H](NC(=O)OC)C(C)C)=N3)[nH]2)N(C(=O)OC(C)(C)C)C1. The minimum atomic E-state index is -0.677. The van der Waals surface area contributed by atoms with Crippen molar-refractivity contribution >= 4 is 29.4 Å². The first kappa shape index (κ1) is 39.6. The van der Waals surface area contributed by atoms with Crippen molar-refractivity contribution in [3.05, 3.63) is 64.7 Å². The van der Waals surface area contributed by atoms with Crippen molar-refractivity contribution in [1.29, 1.82) is 0 Å². The van der Waals surface area contributed by atoms with Crippen LogP contribution in [0, 0.1) is 11.8 Å². The number of aryl methyl sites for hydroxylation is 1. The number of alkyl carbamates (subject to hydrolysis) is 1. The van der Waals surface area contributed by atoms with E-state index in [1.54, 1.807) is 12.0 Å². The number of nitrogens with zero attached hydrogens (tertiary/aromatic N) is 4. The van der Waals surface area contributed by atoms with Gasteiger partial charge in [-0.15, -0.1) is 0 Å². The van der Waals surface area contributed by atoms with Crippen LogP contribution in [0.1, 0.15) is 102 Å². The van der Waals surface area contributed by atoms with E-state index in [0.717, 1.165) is 83.0 Å². The first-order valence-corrected chi connectivity index (χ1v) is 20.7. The second-order valence-electron chi connectivity index (χ2n) is 17.8. The normalized spacial score (nSPS) is 22.8. The molecule has 58 heavy (non-hydrogen) atoms. The quantitative estimate of drug-likeness (QED) is 0.235. The third-order valence-electron chi connectivity index (χ3n) is 12.3. The standard InChI is InChI=1S/C45H56N6O7/c1-24(2)40(49-43(53)56-8)42(52)51-25(3)9-14-37(51)35-18-32-31-19-39-33(17-27(31)11-13-34(32)47-35)30-12-10-28(16-29(30)23-57-39)36-20-46-41(48-36)38-15-26(22-55-7)21-50(38)44(54)58-45(4,5)6/h10,12,16-17,19-20,24-26,37-38,40H,9,11,13-15,18,21-23H2,1-8H3,(H,46,48)(H,49,53)/t25-,26-,37-,38-,40-/m0/s1. The van der Waals surface area contributed by atoms with Gasteiger partial charge >= 0.3 is 12.2 Å². The predicted molar refractivity (Wildman–Crippen MR) is 220 cm³/mol. The number of fused-ring (bicyclic) bond motifs is 5. The number of aromatic amines is 1. The summed E-state index contributed by atoms with van der Waals surface area (Å²) in [5, 5.41) is 2.77. The molecule has 13 heteroatoms. The molecule has 3 amide bonds. The topological polar surface area (TPSA) is 148 Å². The van der Waals surface area contributed by atoms with Crippen LogP contribution in [0.5, 0.6) is 5.75 Å². The van der Waals surface area contributed by atoms with Gasteiger partial charge in [0.2, 0.25) is 5.91 Å². The van der Waals surface area contributed by atoms with Crippen molar-refractivity contribution in [3.8, 4) is 28.1 Å². The fourth-order valence-corrected chi connectivity index (χ4v) is 9.46. The number of aromatic nitrogens is 2. The van der Waals surface area contributed by atoms with E-state index in [-0.39, 0.29) is 42.0 Å². The number of hydrogen-bond acceptors (Lipinski definition) is 9. The van der Waals surface area contributed by atoms with E-state index in [9.17, 15) is 14.4 Å². The average Bonchev–Trinajstić information content (AvgIpc) is 4.00. The van der Waals surface area contributed by atoms with Gasteiger partial charge in [-0.1, -0.05) is 26.0 Å². The maximum atomic E-state index is 14.0. The lowest BCUT2D eigenvalue weighted by Crippen LogP contribution is -2.55. The molecule has 2 aromatic carbocycles. The van der Waals surface area contributed by atoms with E-state index in [2.05, 4.69) is 47.6 Å². The second kappa shape index (κ2) is 15.5. The zero-order chi connectivity index (χ0) is 41.0. The Balaban J connectivity index is 0.998. The van der Waals surface area contributed by atoms with Gasteiger partial charge in [-0.05, 0) is 117 Å². The Morgan fingerprint density at radius 1 is 1.02 bits per heavy atom. The molecule has 0 saturated carbocycles. The summed E-state index contributed by atoms with van der Waals surface area (Å²) in [6, 6.07) is 9.95. The number of methoxy groups -OCH3 is 2. The number of benzene rings is 2. The molecule has 0 radical (unpaired) electrons. The Morgan fingerprint density at radius 3 is 2.57 bits per heavy atom. The van der Waals surface area contributed by atoms with Crippen molar-refractivity contribution in [1.82, 2.24) is 25.1 Å². The number of H-pyrrole nitrogens is 1. The average molecular weight is 793 g/mol. The molecule has 13 nitrogen and oxygen atoms in total. The van der Waals surface area contributed by atoms with Crippen LogP contribution in [-0.2, 0) is 32.0 Å². The number of amides is 3. The molecule has 3 aromatic rings. The maximum absolute atomic E-state index is 14.0. The first-order chi connectivity index (χ1) is 27.7. The highest BCUT2D eigenvalue weighted by Crippen LogP contribution is 2.47. The smallest absolute Gasteiger partial charge is 0.410 e. The summed E-state index contributed by atoms with van der Waals surface area (Å²) in [7, 11) is 3.00. The third-order valence-corrected chi connectivity index (χ3v) is 12.3. The molecular weight excluding hydrogens is 737 g/mol. The molecule has 2 N–H and O–H groups in total. The fraction of sp³-hybridized carbons (Fsp3) is 0.533. The largest absolute Gasteiger partial charge is 0.488 e. The van der Waals surface area contributed by atoms with Gasteiger partial charge in [-0.3, -0.25) is 14.7 Å². The fourth-order valence-electron chi connectivity index (χ4n) is 9.46. The van der Waals surface area contributed by atoms with Crippen molar-refractivity contribution in [2.45, 2.75) is 116 Å². The lowest BCUT2D eigenvalue weighted by atomic mass is 9.83. The van der Waals surface area contributed by atoms with E-state index in [4.69, 9.17) is 28.9 Å². The van der Waals surface area contributed by atoms with Crippen LogP contribution >= 0.6 is 0 Å². The third kappa shape index (κ3) is 7.49. The van der Waals surface area contributed by atoms with Crippen LogP contribution in [0.2, 0.25) is 0 Å². The Labute approximate surface area is 340 Å². The van der Waals surface area contributed by atoms with Gasteiger partial charge in [-0.25, -0.2) is 14.6 Å². The molecule has 5 atom stereocenters. The van der Waals surface area contributed by atoms with E-state index >= 15 is 0 Å². The van der Waals surface area contributed by atoms with E-state index in [1.165, 1.54) is 23.8 Å². The molecule has 2 saturated heterocycles. The Hall–Kier alpha value is -5.17. The minimum absolute atomic E-state index is 0.0396.